The van der Waals surface area contributed by atoms with Gasteiger partial charge in [-0.1, -0.05) is 31.2 Å². The predicted octanol–water partition coefficient (Wildman–Crippen LogP) is 2.87. The maximum absolute atomic E-state index is 2.24. The molecule has 1 rings (SSSR count). The van der Waals surface area contributed by atoms with Crippen LogP contribution >= 0.6 is 0 Å². The minimum Gasteiger partial charge on any atom is -0.412 e. The zero-order chi connectivity index (χ0) is 7.66. The van der Waals surface area contributed by atoms with Crippen LogP contribution in [0.4, 0.5) is 0 Å². The van der Waals surface area contributed by atoms with Crippen LogP contribution in [0.3, 0.4) is 0 Å². The van der Waals surface area contributed by atoms with E-state index in [1.807, 2.05) is 6.92 Å². The second-order valence-electron chi connectivity index (χ2n) is 2.38. The lowest BCUT2D eigenvalue weighted by molar-refractivity contribution is 0.824. The maximum atomic E-state index is 2.24. The van der Waals surface area contributed by atoms with Gasteiger partial charge in [0.25, 0.3) is 0 Å². The van der Waals surface area contributed by atoms with Crippen LogP contribution in [0, 0.1) is 0 Å². The second-order valence-corrected chi connectivity index (χ2v) is 2.38. The fraction of sp³-hybridized carbons (Fsp3) is 0.600. The Balaban J connectivity index is 0. The first-order valence-corrected chi connectivity index (χ1v) is 4.18. The molecule has 1 heteroatoms. The van der Waals surface area contributed by atoms with E-state index in [2.05, 4.69) is 31.2 Å². The Morgan fingerprint density at radius 3 is 1.91 bits per heavy atom. The molecule has 0 spiro atoms. The molecule has 0 amide bonds. The van der Waals surface area contributed by atoms with E-state index in [-0.39, 0.29) is 5.48 Å². The number of allylic oxidation sites excluding steroid dienone is 4. The summed E-state index contributed by atoms with van der Waals surface area (Å²) in [5.74, 6) is 0. The molecule has 0 heterocycles. The van der Waals surface area contributed by atoms with Crippen LogP contribution in [0.15, 0.2) is 24.3 Å². The Kier molecular flexibility index (Phi) is 14.4. The fourth-order valence-electron chi connectivity index (χ4n) is 0.825. The first-order valence-electron chi connectivity index (χ1n) is 4.18. The molecule has 0 aromatic rings. The van der Waals surface area contributed by atoms with Crippen LogP contribution in [0.5, 0.6) is 0 Å². The third-order valence-corrected chi connectivity index (χ3v) is 1.38. The van der Waals surface area contributed by atoms with Gasteiger partial charge in [0.15, 0.2) is 0 Å². The monoisotopic (exact) mass is 156 g/mol. The molecule has 0 saturated heterocycles. The molecule has 0 aromatic carbocycles. The van der Waals surface area contributed by atoms with Gasteiger partial charge in [-0.15, -0.1) is 0 Å². The van der Waals surface area contributed by atoms with Gasteiger partial charge in [-0.2, -0.15) is 0 Å². The summed E-state index contributed by atoms with van der Waals surface area (Å²) in [5.41, 5.74) is 0. The third-order valence-electron chi connectivity index (χ3n) is 1.38. The highest BCUT2D eigenvalue weighted by Gasteiger charge is 1.84. The van der Waals surface area contributed by atoms with Gasteiger partial charge in [-0.25, -0.2) is 0 Å². The summed E-state index contributed by atoms with van der Waals surface area (Å²) < 4.78 is 0. The predicted molar refractivity (Wildman–Crippen MR) is 51.7 cm³/mol. The summed E-state index contributed by atoms with van der Waals surface area (Å²) >= 11 is 0. The van der Waals surface area contributed by atoms with Gasteiger partial charge >= 0.3 is 0 Å². The molecule has 0 saturated carbocycles. The van der Waals surface area contributed by atoms with Crippen LogP contribution in [0.1, 0.15) is 39.5 Å². The van der Waals surface area contributed by atoms with Gasteiger partial charge in [0, 0.05) is 0 Å². The van der Waals surface area contributed by atoms with Gasteiger partial charge in [-0.05, 0) is 32.6 Å². The van der Waals surface area contributed by atoms with Crippen molar-refractivity contribution in [1.82, 2.24) is 0 Å². The minimum atomic E-state index is 0. The van der Waals surface area contributed by atoms with Crippen LogP contribution in [-0.2, 0) is 0 Å². The lowest BCUT2D eigenvalue weighted by Crippen LogP contribution is -1.50. The Labute approximate surface area is 70.1 Å². The lowest BCUT2D eigenvalue weighted by Gasteiger charge is -1.69. The summed E-state index contributed by atoms with van der Waals surface area (Å²) in [4.78, 5) is 0. The van der Waals surface area contributed by atoms with E-state index < -0.39 is 0 Å². The highest BCUT2D eigenvalue weighted by atomic mass is 16.0. The van der Waals surface area contributed by atoms with Gasteiger partial charge in [0.1, 0.15) is 0 Å². The van der Waals surface area contributed by atoms with Crippen molar-refractivity contribution in [2.24, 2.45) is 0 Å². The molecule has 0 atom stereocenters. The normalized spacial score (nSPS) is 14.0. The molecule has 0 fully saturated rings. The van der Waals surface area contributed by atoms with E-state index in [0.717, 1.165) is 6.42 Å². The van der Waals surface area contributed by atoms with Gasteiger partial charge < -0.3 is 5.48 Å². The van der Waals surface area contributed by atoms with Crippen molar-refractivity contribution < 1.29 is 5.48 Å². The molecule has 0 radical (unpaired) electrons. The molecular weight excluding hydrogens is 136 g/mol. The minimum absolute atomic E-state index is 0. The molecule has 1 aliphatic rings. The summed E-state index contributed by atoms with van der Waals surface area (Å²) in [7, 11) is 0. The largest absolute Gasteiger partial charge is 0.412 e. The quantitative estimate of drug-likeness (QED) is 0.523. The van der Waals surface area contributed by atoms with Crippen molar-refractivity contribution >= 4 is 0 Å². The molecule has 0 unspecified atom stereocenters. The molecule has 2 N–H and O–H groups in total. The van der Waals surface area contributed by atoms with E-state index in [4.69, 9.17) is 0 Å². The van der Waals surface area contributed by atoms with Gasteiger partial charge in [0.05, 0.1) is 0 Å². The standard InChI is InChI=1S/C5H8.C5H10.H2O/c1-2-4-5-3-1;1-3-5-4-2;/h1-2H,3-5H2;3,5H,4H2,1-2H3;1H2. The van der Waals surface area contributed by atoms with E-state index in [9.17, 15) is 0 Å². The van der Waals surface area contributed by atoms with Crippen LogP contribution < -0.4 is 0 Å². The van der Waals surface area contributed by atoms with Crippen molar-refractivity contribution in [2.45, 2.75) is 39.5 Å². The fourth-order valence-corrected chi connectivity index (χ4v) is 0.825. The van der Waals surface area contributed by atoms with Crippen molar-refractivity contribution in [3.8, 4) is 0 Å². The summed E-state index contributed by atoms with van der Waals surface area (Å²) in [6.45, 7) is 4.16. The molecule has 66 valence electrons. The van der Waals surface area contributed by atoms with Crippen LogP contribution in [-0.4, -0.2) is 5.48 Å². The van der Waals surface area contributed by atoms with E-state index in [1.165, 1.54) is 19.3 Å². The van der Waals surface area contributed by atoms with E-state index >= 15 is 0 Å². The SMILES string of the molecule is C1=CCCC1.CC=CCC.O. The highest BCUT2D eigenvalue weighted by molar-refractivity contribution is 4.88. The number of rotatable bonds is 1. The average Bonchev–Trinajstić information content (AvgIpc) is 2.44. The average molecular weight is 156 g/mol. The van der Waals surface area contributed by atoms with E-state index in [1.54, 1.807) is 0 Å². The van der Waals surface area contributed by atoms with Gasteiger partial charge in [0.2, 0.25) is 0 Å². The topological polar surface area (TPSA) is 31.5 Å². The lowest BCUT2D eigenvalue weighted by atomic mass is 10.4. The summed E-state index contributed by atoms with van der Waals surface area (Å²) in [6, 6.07) is 0. The zero-order valence-electron chi connectivity index (χ0n) is 7.64. The number of hydrogen-bond acceptors (Lipinski definition) is 0. The zero-order valence-corrected chi connectivity index (χ0v) is 7.64. The molecule has 0 aliphatic heterocycles. The molecule has 11 heavy (non-hydrogen) atoms. The molecule has 1 nitrogen and oxygen atoms in total. The molecule has 0 aromatic heterocycles. The molecule has 1 aliphatic carbocycles. The van der Waals surface area contributed by atoms with E-state index in [0.29, 0.717) is 0 Å². The Bertz CT molecular complexity index is 97.4. The van der Waals surface area contributed by atoms with Crippen molar-refractivity contribution in [3.63, 3.8) is 0 Å². The summed E-state index contributed by atoms with van der Waals surface area (Å²) in [6.07, 6.45) is 13.8. The first-order chi connectivity index (χ1) is 4.91. The Morgan fingerprint density at radius 2 is 1.82 bits per heavy atom. The van der Waals surface area contributed by atoms with Crippen molar-refractivity contribution in [1.29, 1.82) is 0 Å². The highest BCUT2D eigenvalue weighted by Crippen LogP contribution is 2.05. The number of hydrogen-bond donors (Lipinski definition) is 0. The Morgan fingerprint density at radius 1 is 1.27 bits per heavy atom. The third kappa shape index (κ3) is 12.6. The Hall–Kier alpha value is -0.560. The van der Waals surface area contributed by atoms with Crippen molar-refractivity contribution in [2.75, 3.05) is 0 Å². The van der Waals surface area contributed by atoms with Crippen LogP contribution in [0.25, 0.3) is 0 Å². The van der Waals surface area contributed by atoms with Gasteiger partial charge in [-0.3, -0.25) is 0 Å². The first kappa shape index (κ1) is 13.1. The van der Waals surface area contributed by atoms with Crippen LogP contribution in [0.2, 0.25) is 0 Å². The second kappa shape index (κ2) is 12.1. The molecule has 0 bridgehead atoms. The molecular formula is C10H20O. The summed E-state index contributed by atoms with van der Waals surface area (Å²) in [5, 5.41) is 0. The van der Waals surface area contributed by atoms with Crippen molar-refractivity contribution in [3.05, 3.63) is 24.3 Å². The smallest absolute Gasteiger partial charge is 0.0348 e. The maximum Gasteiger partial charge on any atom is -0.0348 e.